The molecule has 0 bridgehead atoms. The van der Waals surface area contributed by atoms with Gasteiger partial charge in [0.05, 0.1) is 5.56 Å². The van der Waals surface area contributed by atoms with E-state index in [1.165, 1.54) is 36.9 Å². The highest BCUT2D eigenvalue weighted by molar-refractivity contribution is 6.08. The van der Waals surface area contributed by atoms with Crippen LogP contribution in [-0.4, -0.2) is 4.98 Å². The van der Waals surface area contributed by atoms with Gasteiger partial charge in [-0.2, -0.15) is 0 Å². The van der Waals surface area contributed by atoms with Gasteiger partial charge in [-0.15, -0.1) is 0 Å². The maximum atomic E-state index is 6.35. The summed E-state index contributed by atoms with van der Waals surface area (Å²) in [5, 5.41) is 2.26. The SMILES string of the molecule is Cc1ccc2c(oc3nc(C4CCCC4)ccc32)c1-c1cccc[n+]1C. The summed E-state index contributed by atoms with van der Waals surface area (Å²) in [6.07, 6.45) is 7.22. The van der Waals surface area contributed by atoms with Crippen molar-refractivity contribution in [2.45, 2.75) is 38.5 Å². The molecule has 4 aromatic rings. The first-order chi connectivity index (χ1) is 12.7. The maximum absolute atomic E-state index is 6.35. The van der Waals surface area contributed by atoms with E-state index >= 15 is 0 Å². The molecule has 0 atom stereocenters. The number of hydrogen-bond acceptors (Lipinski definition) is 2. The van der Waals surface area contributed by atoms with Crippen molar-refractivity contribution in [2.24, 2.45) is 7.05 Å². The number of hydrogen-bond donors (Lipinski definition) is 0. The molecule has 1 aromatic carbocycles. The second-order valence-corrected chi connectivity index (χ2v) is 7.50. The molecule has 0 aliphatic heterocycles. The average molecular weight is 343 g/mol. The zero-order valence-electron chi connectivity index (χ0n) is 15.3. The van der Waals surface area contributed by atoms with Crippen LogP contribution in [0.15, 0.2) is 53.1 Å². The summed E-state index contributed by atoms with van der Waals surface area (Å²) in [7, 11) is 2.08. The second kappa shape index (κ2) is 5.94. The van der Waals surface area contributed by atoms with Crippen molar-refractivity contribution in [3.8, 4) is 11.3 Å². The Morgan fingerprint density at radius 2 is 1.81 bits per heavy atom. The van der Waals surface area contributed by atoms with Gasteiger partial charge < -0.3 is 4.42 Å². The maximum Gasteiger partial charge on any atom is 0.227 e. The van der Waals surface area contributed by atoms with E-state index in [0.717, 1.165) is 33.3 Å². The molecule has 0 spiro atoms. The van der Waals surface area contributed by atoms with Crippen molar-refractivity contribution in [1.29, 1.82) is 0 Å². The third-order valence-electron chi connectivity index (χ3n) is 5.82. The average Bonchev–Trinajstić information content (AvgIpc) is 3.29. The highest BCUT2D eigenvalue weighted by atomic mass is 16.3. The van der Waals surface area contributed by atoms with Crippen LogP contribution in [0.5, 0.6) is 0 Å². The van der Waals surface area contributed by atoms with Gasteiger partial charge in [0, 0.05) is 34.5 Å². The summed E-state index contributed by atoms with van der Waals surface area (Å²) in [6.45, 7) is 2.15. The minimum absolute atomic E-state index is 0.598. The first-order valence-corrected chi connectivity index (χ1v) is 9.50. The smallest absolute Gasteiger partial charge is 0.227 e. The lowest BCUT2D eigenvalue weighted by atomic mass is 10.00. The third-order valence-corrected chi connectivity index (χ3v) is 5.82. The number of aromatic nitrogens is 2. The predicted octanol–water partition coefficient (Wildman–Crippen LogP) is 5.44. The number of furan rings is 1. The van der Waals surface area contributed by atoms with E-state index in [9.17, 15) is 0 Å². The summed E-state index contributed by atoms with van der Waals surface area (Å²) < 4.78 is 8.49. The lowest BCUT2D eigenvalue weighted by molar-refractivity contribution is -0.660. The van der Waals surface area contributed by atoms with Gasteiger partial charge in [-0.1, -0.05) is 25.0 Å². The molecule has 5 rings (SSSR count). The number of fused-ring (bicyclic) bond motifs is 3. The molecule has 0 unspecified atom stereocenters. The van der Waals surface area contributed by atoms with Gasteiger partial charge in [0.1, 0.15) is 7.05 Å². The summed E-state index contributed by atoms with van der Waals surface area (Å²) in [4.78, 5) is 4.91. The molecule has 130 valence electrons. The van der Waals surface area contributed by atoms with Crippen molar-refractivity contribution in [2.75, 3.05) is 0 Å². The standard InChI is InChI=1S/C23H23N2O/c1-15-10-11-17-18-12-13-19(16-7-3-4-8-16)24-23(18)26-22(17)21(15)20-9-5-6-14-25(20)2/h5-6,9-14,16H,3-4,7-8H2,1-2H3/q+1. The van der Waals surface area contributed by atoms with Crippen LogP contribution in [0, 0.1) is 6.92 Å². The Labute approximate surface area is 153 Å². The highest BCUT2D eigenvalue weighted by Crippen LogP contribution is 2.38. The van der Waals surface area contributed by atoms with E-state index < -0.39 is 0 Å². The first-order valence-electron chi connectivity index (χ1n) is 9.50. The minimum atomic E-state index is 0.598. The molecule has 0 saturated heterocycles. The number of pyridine rings is 2. The third kappa shape index (κ3) is 2.34. The number of rotatable bonds is 2. The van der Waals surface area contributed by atoms with Crippen LogP contribution >= 0.6 is 0 Å². The van der Waals surface area contributed by atoms with Crippen LogP contribution < -0.4 is 4.57 Å². The second-order valence-electron chi connectivity index (χ2n) is 7.50. The fourth-order valence-corrected chi connectivity index (χ4v) is 4.38. The Balaban J connectivity index is 1.77. The molecule has 0 radical (unpaired) electrons. The summed E-state index contributed by atoms with van der Waals surface area (Å²) in [5.41, 5.74) is 6.44. The quantitative estimate of drug-likeness (QED) is 0.454. The molecule has 1 saturated carbocycles. The van der Waals surface area contributed by atoms with Crippen molar-refractivity contribution in [1.82, 2.24) is 4.98 Å². The normalized spacial score (nSPS) is 15.3. The van der Waals surface area contributed by atoms with E-state index in [4.69, 9.17) is 9.40 Å². The van der Waals surface area contributed by atoms with Gasteiger partial charge in [-0.3, -0.25) is 0 Å². The van der Waals surface area contributed by atoms with Crippen LogP contribution in [-0.2, 0) is 7.05 Å². The zero-order chi connectivity index (χ0) is 17.7. The lowest BCUT2D eigenvalue weighted by Crippen LogP contribution is -2.30. The molecule has 3 nitrogen and oxygen atoms in total. The predicted molar refractivity (Wildman–Crippen MR) is 104 cm³/mol. The molecular weight excluding hydrogens is 320 g/mol. The number of aryl methyl sites for hydroxylation is 2. The molecule has 3 aromatic heterocycles. The molecule has 26 heavy (non-hydrogen) atoms. The summed E-state index contributed by atoms with van der Waals surface area (Å²) in [5.74, 6) is 0.598. The van der Waals surface area contributed by atoms with Crippen LogP contribution in [0.2, 0.25) is 0 Å². The van der Waals surface area contributed by atoms with Crippen molar-refractivity contribution >= 4 is 22.1 Å². The first kappa shape index (κ1) is 15.6. The monoisotopic (exact) mass is 343 g/mol. The zero-order valence-corrected chi connectivity index (χ0v) is 15.3. The molecule has 1 fully saturated rings. The van der Waals surface area contributed by atoms with Gasteiger partial charge in [-0.25, -0.2) is 9.55 Å². The molecule has 1 aliphatic rings. The van der Waals surface area contributed by atoms with Crippen LogP contribution in [0.4, 0.5) is 0 Å². The Hall–Kier alpha value is -2.68. The van der Waals surface area contributed by atoms with Gasteiger partial charge in [0.2, 0.25) is 11.4 Å². The van der Waals surface area contributed by atoms with E-state index in [2.05, 4.69) is 61.1 Å². The van der Waals surface area contributed by atoms with E-state index in [1.54, 1.807) is 0 Å². The van der Waals surface area contributed by atoms with Crippen LogP contribution in [0.1, 0.15) is 42.9 Å². The Bertz CT molecular complexity index is 1120. The van der Waals surface area contributed by atoms with Gasteiger partial charge >= 0.3 is 0 Å². The van der Waals surface area contributed by atoms with Crippen molar-refractivity contribution in [3.05, 3.63) is 59.9 Å². The summed E-state index contributed by atoms with van der Waals surface area (Å²) >= 11 is 0. The summed E-state index contributed by atoms with van der Waals surface area (Å²) in [6, 6.07) is 15.0. The molecule has 3 heteroatoms. The van der Waals surface area contributed by atoms with E-state index in [0.29, 0.717) is 5.92 Å². The topological polar surface area (TPSA) is 29.9 Å². The van der Waals surface area contributed by atoms with Gasteiger partial charge in [0.15, 0.2) is 11.8 Å². The lowest BCUT2D eigenvalue weighted by Gasteiger charge is -2.06. The Morgan fingerprint density at radius 3 is 2.62 bits per heavy atom. The number of nitrogens with zero attached hydrogens (tertiary/aromatic N) is 2. The van der Waals surface area contributed by atoms with Crippen LogP contribution in [0.3, 0.4) is 0 Å². The van der Waals surface area contributed by atoms with Gasteiger partial charge in [0.25, 0.3) is 0 Å². The molecule has 0 amide bonds. The fraction of sp³-hybridized carbons (Fsp3) is 0.304. The number of benzene rings is 1. The molecule has 1 aliphatic carbocycles. The van der Waals surface area contributed by atoms with E-state index in [-0.39, 0.29) is 0 Å². The van der Waals surface area contributed by atoms with Gasteiger partial charge in [-0.05, 0) is 43.5 Å². The van der Waals surface area contributed by atoms with Crippen molar-refractivity contribution < 1.29 is 8.98 Å². The Kier molecular flexibility index (Phi) is 3.56. The molecular formula is C23H23N2O+. The highest BCUT2D eigenvalue weighted by Gasteiger charge is 2.22. The van der Waals surface area contributed by atoms with Crippen LogP contribution in [0.25, 0.3) is 33.3 Å². The molecule has 3 heterocycles. The van der Waals surface area contributed by atoms with E-state index in [1.807, 2.05) is 6.07 Å². The molecule has 0 N–H and O–H groups in total. The fourth-order valence-electron chi connectivity index (χ4n) is 4.38. The largest absolute Gasteiger partial charge is 0.437 e. The van der Waals surface area contributed by atoms with Crippen molar-refractivity contribution in [3.63, 3.8) is 0 Å². The minimum Gasteiger partial charge on any atom is -0.437 e. The Morgan fingerprint density at radius 1 is 1.00 bits per heavy atom.